The summed E-state index contributed by atoms with van der Waals surface area (Å²) in [5.74, 6) is -0.148. The minimum atomic E-state index is -0.478. The van der Waals surface area contributed by atoms with Crippen molar-refractivity contribution in [2.75, 3.05) is 0 Å². The molecule has 2 unspecified atom stereocenters. The fraction of sp³-hybridized carbons (Fsp3) is 0.889. The van der Waals surface area contributed by atoms with E-state index in [1.54, 1.807) is 6.92 Å². The van der Waals surface area contributed by atoms with Crippen LogP contribution in [0.5, 0.6) is 0 Å². The van der Waals surface area contributed by atoms with Gasteiger partial charge in [-0.25, -0.2) is 0 Å². The summed E-state index contributed by atoms with van der Waals surface area (Å²) >= 11 is 0. The highest BCUT2D eigenvalue weighted by Crippen LogP contribution is 2.40. The Kier molecular flexibility index (Phi) is 2.63. The second-order valence-electron chi connectivity index (χ2n) is 4.42. The van der Waals surface area contributed by atoms with Crippen LogP contribution in [0.4, 0.5) is 0 Å². The van der Waals surface area contributed by atoms with E-state index in [2.05, 4.69) is 5.32 Å². The molecular weight excluding hydrogens is 168 g/mol. The SMILES string of the molecule is C[C@@H](N)C(=O)NC1CC(O)C1(C)C. The van der Waals surface area contributed by atoms with Crippen molar-refractivity contribution in [3.8, 4) is 0 Å². The van der Waals surface area contributed by atoms with E-state index >= 15 is 0 Å². The third-order valence-corrected chi connectivity index (χ3v) is 2.95. The summed E-state index contributed by atoms with van der Waals surface area (Å²) in [6.07, 6.45) is 0.316. The molecule has 0 aliphatic heterocycles. The van der Waals surface area contributed by atoms with Crippen LogP contribution >= 0.6 is 0 Å². The van der Waals surface area contributed by atoms with Crippen LogP contribution in [0.1, 0.15) is 27.2 Å². The first kappa shape index (κ1) is 10.5. The Morgan fingerprint density at radius 2 is 2.23 bits per heavy atom. The van der Waals surface area contributed by atoms with Crippen molar-refractivity contribution in [2.24, 2.45) is 11.1 Å². The molecule has 0 spiro atoms. The Morgan fingerprint density at radius 1 is 1.69 bits per heavy atom. The first-order valence-corrected chi connectivity index (χ1v) is 4.59. The maximum atomic E-state index is 11.2. The highest BCUT2D eigenvalue weighted by atomic mass is 16.3. The van der Waals surface area contributed by atoms with Crippen molar-refractivity contribution in [1.29, 1.82) is 0 Å². The fourth-order valence-corrected chi connectivity index (χ4v) is 1.45. The zero-order chi connectivity index (χ0) is 10.2. The number of aliphatic hydroxyl groups excluding tert-OH is 1. The van der Waals surface area contributed by atoms with Crippen LogP contribution in [0, 0.1) is 5.41 Å². The molecule has 3 atom stereocenters. The lowest BCUT2D eigenvalue weighted by molar-refractivity contribution is -0.130. The second kappa shape index (κ2) is 3.27. The normalized spacial score (nSPS) is 33.3. The van der Waals surface area contributed by atoms with E-state index in [1.807, 2.05) is 13.8 Å². The number of rotatable bonds is 2. The molecule has 1 rings (SSSR count). The predicted octanol–water partition coefficient (Wildman–Crippen LogP) is -0.391. The van der Waals surface area contributed by atoms with Crippen LogP contribution < -0.4 is 11.1 Å². The molecule has 0 radical (unpaired) electrons. The molecule has 4 N–H and O–H groups in total. The molecule has 4 heteroatoms. The van der Waals surface area contributed by atoms with E-state index in [-0.39, 0.29) is 23.5 Å². The number of hydrogen-bond acceptors (Lipinski definition) is 3. The molecule has 0 saturated heterocycles. The number of carbonyl (C=O) groups is 1. The second-order valence-corrected chi connectivity index (χ2v) is 4.42. The first-order chi connectivity index (χ1) is 5.85. The van der Waals surface area contributed by atoms with Gasteiger partial charge in [0.1, 0.15) is 0 Å². The third-order valence-electron chi connectivity index (χ3n) is 2.95. The van der Waals surface area contributed by atoms with Crippen LogP contribution in [-0.2, 0) is 4.79 Å². The monoisotopic (exact) mass is 186 g/mol. The smallest absolute Gasteiger partial charge is 0.236 e. The number of nitrogens with two attached hydrogens (primary N) is 1. The van der Waals surface area contributed by atoms with E-state index in [4.69, 9.17) is 5.73 Å². The minimum Gasteiger partial charge on any atom is -0.392 e. The van der Waals surface area contributed by atoms with E-state index in [9.17, 15) is 9.90 Å². The fourth-order valence-electron chi connectivity index (χ4n) is 1.45. The van der Waals surface area contributed by atoms with E-state index < -0.39 is 6.04 Å². The van der Waals surface area contributed by atoms with Gasteiger partial charge in [-0.2, -0.15) is 0 Å². The molecule has 76 valence electrons. The Morgan fingerprint density at radius 3 is 2.54 bits per heavy atom. The number of nitrogens with one attached hydrogen (secondary N) is 1. The summed E-state index contributed by atoms with van der Waals surface area (Å²) in [4.78, 5) is 11.2. The molecule has 0 aromatic carbocycles. The average molecular weight is 186 g/mol. The molecule has 0 aromatic rings. The number of aliphatic hydroxyl groups is 1. The largest absolute Gasteiger partial charge is 0.392 e. The molecule has 1 amide bonds. The van der Waals surface area contributed by atoms with Gasteiger partial charge in [-0.15, -0.1) is 0 Å². The summed E-state index contributed by atoms with van der Waals surface area (Å²) in [5, 5.41) is 12.2. The minimum absolute atomic E-state index is 0.0565. The van der Waals surface area contributed by atoms with Crippen molar-refractivity contribution in [1.82, 2.24) is 5.32 Å². The summed E-state index contributed by atoms with van der Waals surface area (Å²) in [6, 6.07) is -0.422. The predicted molar refractivity (Wildman–Crippen MR) is 50.0 cm³/mol. The van der Waals surface area contributed by atoms with Gasteiger partial charge in [0, 0.05) is 11.5 Å². The summed E-state index contributed by atoms with van der Waals surface area (Å²) in [6.45, 7) is 5.53. The van der Waals surface area contributed by atoms with Gasteiger partial charge < -0.3 is 16.2 Å². The Balaban J connectivity index is 2.45. The van der Waals surface area contributed by atoms with Gasteiger partial charge in [0.15, 0.2) is 0 Å². The van der Waals surface area contributed by atoms with Gasteiger partial charge in [-0.3, -0.25) is 4.79 Å². The van der Waals surface area contributed by atoms with Crippen LogP contribution in [0.3, 0.4) is 0 Å². The molecule has 1 aliphatic rings. The maximum Gasteiger partial charge on any atom is 0.236 e. The third kappa shape index (κ3) is 1.84. The highest BCUT2D eigenvalue weighted by molar-refractivity contribution is 5.81. The average Bonchev–Trinajstić information content (AvgIpc) is 2.03. The molecule has 0 heterocycles. The molecular formula is C9H18N2O2. The molecule has 0 bridgehead atoms. The summed E-state index contributed by atoms with van der Waals surface area (Å²) < 4.78 is 0. The lowest BCUT2D eigenvalue weighted by Crippen LogP contribution is -2.62. The van der Waals surface area contributed by atoms with Gasteiger partial charge >= 0.3 is 0 Å². The molecule has 4 nitrogen and oxygen atoms in total. The lowest BCUT2D eigenvalue weighted by Gasteiger charge is -2.49. The highest BCUT2D eigenvalue weighted by Gasteiger charge is 2.47. The van der Waals surface area contributed by atoms with Gasteiger partial charge in [0.2, 0.25) is 5.91 Å². The van der Waals surface area contributed by atoms with Crippen molar-refractivity contribution in [3.05, 3.63) is 0 Å². The van der Waals surface area contributed by atoms with Crippen LogP contribution in [0.2, 0.25) is 0 Å². The Bertz CT molecular complexity index is 214. The molecule has 13 heavy (non-hydrogen) atoms. The van der Waals surface area contributed by atoms with Crippen LogP contribution in [-0.4, -0.2) is 29.2 Å². The standard InChI is InChI=1S/C9H18N2O2/c1-5(10)8(13)11-6-4-7(12)9(6,2)3/h5-7,12H,4,10H2,1-3H3,(H,11,13)/t5-,6?,7?/m1/s1. The van der Waals surface area contributed by atoms with E-state index in [0.29, 0.717) is 6.42 Å². The van der Waals surface area contributed by atoms with Crippen LogP contribution in [0.25, 0.3) is 0 Å². The van der Waals surface area contributed by atoms with E-state index in [0.717, 1.165) is 0 Å². The summed E-state index contributed by atoms with van der Waals surface area (Å²) in [5.41, 5.74) is 5.19. The zero-order valence-corrected chi connectivity index (χ0v) is 8.37. The first-order valence-electron chi connectivity index (χ1n) is 4.59. The number of amides is 1. The molecule has 1 fully saturated rings. The van der Waals surface area contributed by atoms with Gasteiger partial charge in [0.25, 0.3) is 0 Å². The Hall–Kier alpha value is -0.610. The van der Waals surface area contributed by atoms with Crippen molar-refractivity contribution < 1.29 is 9.90 Å². The maximum absolute atomic E-state index is 11.2. The Labute approximate surface area is 78.5 Å². The van der Waals surface area contributed by atoms with Crippen molar-refractivity contribution in [2.45, 2.75) is 45.4 Å². The van der Waals surface area contributed by atoms with Crippen molar-refractivity contribution in [3.63, 3.8) is 0 Å². The number of hydrogen-bond donors (Lipinski definition) is 3. The lowest BCUT2D eigenvalue weighted by atomic mass is 9.64. The van der Waals surface area contributed by atoms with E-state index in [1.165, 1.54) is 0 Å². The quantitative estimate of drug-likeness (QED) is 0.549. The molecule has 0 aromatic heterocycles. The van der Waals surface area contributed by atoms with Gasteiger partial charge in [-0.1, -0.05) is 13.8 Å². The molecule has 1 saturated carbocycles. The molecule has 1 aliphatic carbocycles. The number of carbonyl (C=O) groups excluding carboxylic acids is 1. The van der Waals surface area contributed by atoms with Crippen LogP contribution in [0.15, 0.2) is 0 Å². The van der Waals surface area contributed by atoms with Crippen molar-refractivity contribution >= 4 is 5.91 Å². The van der Waals surface area contributed by atoms with Gasteiger partial charge in [-0.05, 0) is 13.3 Å². The van der Waals surface area contributed by atoms with Gasteiger partial charge in [0.05, 0.1) is 12.1 Å². The summed E-state index contributed by atoms with van der Waals surface area (Å²) in [7, 11) is 0. The zero-order valence-electron chi connectivity index (χ0n) is 8.37. The topological polar surface area (TPSA) is 75.4 Å².